The maximum atomic E-state index is 12.4. The fraction of sp³-hybridized carbons (Fsp3) is 0.200. The molecule has 1 aromatic heterocycles. The molecule has 0 saturated heterocycles. The van der Waals surface area contributed by atoms with Gasteiger partial charge in [0, 0.05) is 11.2 Å². The van der Waals surface area contributed by atoms with E-state index in [4.69, 9.17) is 16.3 Å². The molecule has 1 aromatic carbocycles. The molecule has 0 radical (unpaired) electrons. The highest BCUT2D eigenvalue weighted by Crippen LogP contribution is 2.31. The summed E-state index contributed by atoms with van der Waals surface area (Å²) in [6.07, 6.45) is -3.03. The number of anilines is 1. The Bertz CT molecular complexity index is 741. The summed E-state index contributed by atoms with van der Waals surface area (Å²) in [6.45, 7) is 0. The van der Waals surface area contributed by atoms with Gasteiger partial charge >= 0.3 is 6.18 Å². The van der Waals surface area contributed by atoms with E-state index in [1.165, 1.54) is 31.5 Å². The van der Waals surface area contributed by atoms with Gasteiger partial charge in [-0.05, 0) is 30.3 Å². The molecule has 0 aliphatic carbocycles. The molecule has 128 valence electrons. The summed E-state index contributed by atoms with van der Waals surface area (Å²) in [6, 6.07) is 7.52. The molecule has 2 aromatic rings. The van der Waals surface area contributed by atoms with E-state index in [-0.39, 0.29) is 10.6 Å². The number of nitrogens with one attached hydrogen (secondary N) is 1. The third-order valence-electron chi connectivity index (χ3n) is 2.80. The van der Waals surface area contributed by atoms with Gasteiger partial charge in [0.25, 0.3) is 5.91 Å². The SMILES string of the molecule is COc1ccc(Cl)cc1NC(=O)c1cccnc1SCC(F)(F)F. The zero-order valence-electron chi connectivity index (χ0n) is 12.4. The maximum Gasteiger partial charge on any atom is 0.398 e. The number of carbonyl (C=O) groups is 1. The molecule has 0 spiro atoms. The molecule has 0 aliphatic heterocycles. The Hall–Kier alpha value is -1.93. The monoisotopic (exact) mass is 376 g/mol. The first kappa shape index (κ1) is 18.4. The minimum Gasteiger partial charge on any atom is -0.495 e. The van der Waals surface area contributed by atoms with E-state index in [0.29, 0.717) is 28.2 Å². The van der Waals surface area contributed by atoms with Crippen LogP contribution in [-0.2, 0) is 0 Å². The zero-order valence-corrected chi connectivity index (χ0v) is 13.9. The normalized spacial score (nSPS) is 11.2. The van der Waals surface area contributed by atoms with Gasteiger partial charge in [0.05, 0.1) is 24.1 Å². The predicted octanol–water partition coefficient (Wildman–Crippen LogP) is 4.65. The first-order valence-electron chi connectivity index (χ1n) is 6.59. The molecule has 0 bridgehead atoms. The highest BCUT2D eigenvalue weighted by atomic mass is 35.5. The molecule has 0 fully saturated rings. The number of thioether (sulfide) groups is 1. The fourth-order valence-electron chi connectivity index (χ4n) is 1.80. The van der Waals surface area contributed by atoms with Crippen molar-refractivity contribution in [2.24, 2.45) is 0 Å². The summed E-state index contributed by atoms with van der Waals surface area (Å²) < 4.78 is 42.3. The summed E-state index contributed by atoms with van der Waals surface area (Å²) in [4.78, 5) is 16.2. The quantitative estimate of drug-likeness (QED) is 0.772. The highest BCUT2D eigenvalue weighted by Gasteiger charge is 2.28. The van der Waals surface area contributed by atoms with Crippen molar-refractivity contribution in [3.63, 3.8) is 0 Å². The highest BCUT2D eigenvalue weighted by molar-refractivity contribution is 7.99. The molecule has 0 saturated carbocycles. The van der Waals surface area contributed by atoms with E-state index in [9.17, 15) is 18.0 Å². The Morgan fingerprint density at radius 3 is 2.79 bits per heavy atom. The van der Waals surface area contributed by atoms with Crippen LogP contribution in [0.3, 0.4) is 0 Å². The van der Waals surface area contributed by atoms with Crippen LogP contribution in [0.4, 0.5) is 18.9 Å². The van der Waals surface area contributed by atoms with Crippen LogP contribution in [0.2, 0.25) is 5.02 Å². The standard InChI is InChI=1S/C15H12ClF3N2O2S/c1-23-12-5-4-9(16)7-11(12)21-13(22)10-3-2-6-20-14(10)24-8-15(17,18)19/h2-7H,8H2,1H3,(H,21,22). The van der Waals surface area contributed by atoms with Gasteiger partial charge in [-0.3, -0.25) is 4.79 Å². The minimum atomic E-state index is -4.36. The number of aromatic nitrogens is 1. The second-order valence-corrected chi connectivity index (χ2v) is 5.96. The molecule has 4 nitrogen and oxygen atoms in total. The van der Waals surface area contributed by atoms with Gasteiger partial charge in [-0.1, -0.05) is 23.4 Å². The third-order valence-corrected chi connectivity index (χ3v) is 4.10. The number of ether oxygens (including phenoxy) is 1. The van der Waals surface area contributed by atoms with Crippen molar-refractivity contribution in [3.8, 4) is 5.75 Å². The van der Waals surface area contributed by atoms with Gasteiger partial charge < -0.3 is 10.1 Å². The van der Waals surface area contributed by atoms with Crippen LogP contribution in [0.5, 0.6) is 5.75 Å². The van der Waals surface area contributed by atoms with Crippen LogP contribution in [-0.4, -0.2) is 29.9 Å². The van der Waals surface area contributed by atoms with Crippen molar-refractivity contribution < 1.29 is 22.7 Å². The van der Waals surface area contributed by atoms with Crippen molar-refractivity contribution in [3.05, 3.63) is 47.1 Å². The number of hydrogen-bond acceptors (Lipinski definition) is 4. The van der Waals surface area contributed by atoms with Crippen molar-refractivity contribution in [2.75, 3.05) is 18.2 Å². The van der Waals surface area contributed by atoms with Crippen LogP contribution < -0.4 is 10.1 Å². The minimum absolute atomic E-state index is 0.00619. The number of benzene rings is 1. The number of nitrogens with zero attached hydrogens (tertiary/aromatic N) is 1. The average Bonchev–Trinajstić information content (AvgIpc) is 2.52. The Morgan fingerprint density at radius 2 is 2.12 bits per heavy atom. The molecule has 9 heteroatoms. The van der Waals surface area contributed by atoms with Gasteiger partial charge in [0.15, 0.2) is 0 Å². The van der Waals surface area contributed by atoms with Crippen LogP contribution in [0.1, 0.15) is 10.4 Å². The Morgan fingerprint density at radius 1 is 1.38 bits per heavy atom. The third kappa shape index (κ3) is 5.04. The van der Waals surface area contributed by atoms with Crippen molar-refractivity contribution in [2.45, 2.75) is 11.2 Å². The number of methoxy groups -OCH3 is 1. The molecule has 1 N–H and O–H groups in total. The Kier molecular flexibility index (Phi) is 5.95. The zero-order chi connectivity index (χ0) is 17.7. The van der Waals surface area contributed by atoms with E-state index < -0.39 is 17.8 Å². The number of amides is 1. The van der Waals surface area contributed by atoms with E-state index in [1.807, 2.05) is 0 Å². The van der Waals surface area contributed by atoms with Crippen LogP contribution in [0, 0.1) is 0 Å². The lowest BCUT2D eigenvalue weighted by Crippen LogP contribution is -2.16. The molecule has 0 atom stereocenters. The number of pyridine rings is 1. The summed E-state index contributed by atoms with van der Waals surface area (Å²) in [5.41, 5.74) is 0.347. The number of rotatable bonds is 5. The van der Waals surface area contributed by atoms with Gasteiger partial charge in [-0.15, -0.1) is 0 Å². The topological polar surface area (TPSA) is 51.2 Å². The van der Waals surface area contributed by atoms with Gasteiger partial charge in [0.1, 0.15) is 10.8 Å². The lowest BCUT2D eigenvalue weighted by atomic mass is 10.2. The summed E-state index contributed by atoms with van der Waals surface area (Å²) in [5, 5.41) is 2.95. The summed E-state index contributed by atoms with van der Waals surface area (Å²) in [7, 11) is 1.42. The van der Waals surface area contributed by atoms with E-state index in [2.05, 4.69) is 10.3 Å². The van der Waals surface area contributed by atoms with E-state index >= 15 is 0 Å². The molecule has 2 rings (SSSR count). The molecular weight excluding hydrogens is 365 g/mol. The first-order chi connectivity index (χ1) is 11.3. The van der Waals surface area contributed by atoms with Crippen LogP contribution >= 0.6 is 23.4 Å². The van der Waals surface area contributed by atoms with Gasteiger partial charge in [-0.2, -0.15) is 13.2 Å². The summed E-state index contributed by atoms with van der Waals surface area (Å²) >= 11 is 6.34. The second kappa shape index (κ2) is 7.76. The lowest BCUT2D eigenvalue weighted by molar-refractivity contribution is -0.105. The number of halogens is 4. The first-order valence-corrected chi connectivity index (χ1v) is 7.96. The molecule has 1 amide bonds. The fourth-order valence-corrected chi connectivity index (χ4v) is 2.72. The van der Waals surface area contributed by atoms with E-state index in [1.54, 1.807) is 12.1 Å². The molecule has 0 unspecified atom stereocenters. The molecule has 24 heavy (non-hydrogen) atoms. The average molecular weight is 377 g/mol. The van der Waals surface area contributed by atoms with Crippen molar-refractivity contribution in [1.29, 1.82) is 0 Å². The van der Waals surface area contributed by atoms with Crippen LogP contribution in [0.25, 0.3) is 0 Å². The second-order valence-electron chi connectivity index (χ2n) is 4.56. The van der Waals surface area contributed by atoms with Crippen molar-refractivity contribution >= 4 is 35.0 Å². The number of alkyl halides is 3. The molecule has 0 aliphatic rings. The van der Waals surface area contributed by atoms with Gasteiger partial charge in [-0.25, -0.2) is 4.98 Å². The van der Waals surface area contributed by atoms with Gasteiger partial charge in [0.2, 0.25) is 0 Å². The molecular formula is C15H12ClF3N2O2S. The predicted molar refractivity (Wildman–Crippen MR) is 87.0 cm³/mol. The summed E-state index contributed by atoms with van der Waals surface area (Å²) in [5.74, 6) is -1.36. The Labute approximate surface area is 145 Å². The van der Waals surface area contributed by atoms with Crippen molar-refractivity contribution in [1.82, 2.24) is 4.98 Å². The number of hydrogen-bond donors (Lipinski definition) is 1. The van der Waals surface area contributed by atoms with E-state index in [0.717, 1.165) is 0 Å². The number of carbonyl (C=O) groups excluding carboxylic acids is 1. The molecule has 1 heterocycles. The van der Waals surface area contributed by atoms with Crippen LogP contribution in [0.15, 0.2) is 41.6 Å². The lowest BCUT2D eigenvalue weighted by Gasteiger charge is -2.12. The smallest absolute Gasteiger partial charge is 0.398 e. The Balaban J connectivity index is 2.23. The largest absolute Gasteiger partial charge is 0.495 e. The maximum absolute atomic E-state index is 12.4.